The number of anilines is 1. The van der Waals surface area contributed by atoms with E-state index in [2.05, 4.69) is 15.4 Å². The van der Waals surface area contributed by atoms with Crippen LogP contribution in [-0.2, 0) is 13.1 Å². The fraction of sp³-hybridized carbons (Fsp3) is 0.0909. The maximum absolute atomic E-state index is 13.1. The van der Waals surface area contributed by atoms with E-state index in [1.165, 1.54) is 12.1 Å². The maximum Gasteiger partial charge on any atom is 0.252 e. The Morgan fingerprint density at radius 3 is 2.68 bits per heavy atom. The Labute approximate surface area is 161 Å². The summed E-state index contributed by atoms with van der Waals surface area (Å²) in [6, 6.07) is 17.9. The smallest absolute Gasteiger partial charge is 0.252 e. The van der Waals surface area contributed by atoms with Crippen molar-refractivity contribution in [1.29, 1.82) is 0 Å². The number of aromatic nitrogens is 3. The monoisotopic (exact) mass is 374 g/mol. The quantitative estimate of drug-likeness (QED) is 0.535. The van der Waals surface area contributed by atoms with E-state index in [1.54, 1.807) is 24.5 Å². The average Bonchev–Trinajstić information content (AvgIpc) is 3.21. The van der Waals surface area contributed by atoms with Gasteiger partial charge in [-0.1, -0.05) is 24.3 Å². The zero-order valence-corrected chi connectivity index (χ0v) is 15.1. The molecule has 2 heterocycles. The minimum absolute atomic E-state index is 0.147. The van der Waals surface area contributed by atoms with Crippen molar-refractivity contribution >= 4 is 5.69 Å². The second-order valence-electron chi connectivity index (χ2n) is 6.51. The molecule has 28 heavy (non-hydrogen) atoms. The van der Waals surface area contributed by atoms with E-state index < -0.39 is 0 Å². The first kappa shape index (κ1) is 17.7. The Morgan fingerprint density at radius 2 is 1.89 bits per heavy atom. The molecule has 5 nitrogen and oxygen atoms in total. The van der Waals surface area contributed by atoms with Crippen LogP contribution in [0.2, 0.25) is 0 Å². The van der Waals surface area contributed by atoms with Crippen LogP contribution in [0.4, 0.5) is 10.1 Å². The molecule has 0 aliphatic carbocycles. The highest BCUT2D eigenvalue weighted by molar-refractivity contribution is 5.63. The van der Waals surface area contributed by atoms with Crippen molar-refractivity contribution in [3.63, 3.8) is 0 Å². The first-order valence-electron chi connectivity index (χ1n) is 8.95. The van der Waals surface area contributed by atoms with Crippen molar-refractivity contribution in [1.82, 2.24) is 14.8 Å². The Hall–Kier alpha value is -3.67. The lowest BCUT2D eigenvalue weighted by atomic mass is 10.1. The Kier molecular flexibility index (Phi) is 5.01. The van der Waals surface area contributed by atoms with E-state index in [1.807, 2.05) is 47.3 Å². The fourth-order valence-corrected chi connectivity index (χ4v) is 3.03. The summed E-state index contributed by atoms with van der Waals surface area (Å²) in [4.78, 5) is 14.9. The molecule has 2 aromatic heterocycles. The Bertz CT molecular complexity index is 1120. The lowest BCUT2D eigenvalue weighted by molar-refractivity contribution is 0.628. The van der Waals surface area contributed by atoms with Crippen LogP contribution in [0.25, 0.3) is 11.1 Å². The summed E-state index contributed by atoms with van der Waals surface area (Å²) in [5, 5.41) is 7.52. The summed E-state index contributed by atoms with van der Waals surface area (Å²) >= 11 is 0. The highest BCUT2D eigenvalue weighted by Gasteiger charge is 2.05. The number of nitrogens with one attached hydrogen (secondary N) is 2. The molecule has 0 aliphatic rings. The topological polar surface area (TPSA) is 62.7 Å². The molecule has 0 radical (unpaired) electrons. The van der Waals surface area contributed by atoms with Gasteiger partial charge in [0, 0.05) is 36.4 Å². The van der Waals surface area contributed by atoms with E-state index in [-0.39, 0.29) is 11.4 Å². The third-order valence-electron chi connectivity index (χ3n) is 4.47. The molecule has 0 bridgehead atoms. The first-order chi connectivity index (χ1) is 13.7. The molecule has 2 aromatic carbocycles. The molecule has 0 aliphatic heterocycles. The molecule has 140 valence electrons. The predicted octanol–water partition coefficient (Wildman–Crippen LogP) is 4.04. The van der Waals surface area contributed by atoms with E-state index >= 15 is 0 Å². The second kappa shape index (κ2) is 7.92. The molecule has 0 fully saturated rings. The minimum Gasteiger partial charge on any atom is -0.381 e. The van der Waals surface area contributed by atoms with Gasteiger partial charge in [-0.25, -0.2) is 4.39 Å². The number of nitrogens with zero attached hydrogens (tertiary/aromatic N) is 2. The Morgan fingerprint density at radius 1 is 1.04 bits per heavy atom. The second-order valence-corrected chi connectivity index (χ2v) is 6.51. The van der Waals surface area contributed by atoms with E-state index in [4.69, 9.17) is 0 Å². The van der Waals surface area contributed by atoms with Crippen LogP contribution in [0.3, 0.4) is 0 Å². The number of H-pyrrole nitrogens is 1. The number of aromatic amines is 1. The van der Waals surface area contributed by atoms with Crippen LogP contribution in [-0.4, -0.2) is 14.8 Å². The number of benzene rings is 2. The SMILES string of the molecule is O=c1[nH]cc(-c2ccc(F)cc2)cc1CNc1cccc(Cn2cccn2)c1. The van der Waals surface area contributed by atoms with Crippen molar-refractivity contribution in [2.45, 2.75) is 13.1 Å². The van der Waals surface area contributed by atoms with E-state index in [0.29, 0.717) is 18.7 Å². The van der Waals surface area contributed by atoms with Gasteiger partial charge < -0.3 is 10.3 Å². The highest BCUT2D eigenvalue weighted by Crippen LogP contribution is 2.19. The van der Waals surface area contributed by atoms with Gasteiger partial charge in [-0.3, -0.25) is 9.48 Å². The third-order valence-corrected chi connectivity index (χ3v) is 4.47. The molecule has 6 heteroatoms. The van der Waals surface area contributed by atoms with Crippen LogP contribution >= 0.6 is 0 Å². The molecule has 0 spiro atoms. The van der Waals surface area contributed by atoms with Gasteiger partial charge in [0.25, 0.3) is 5.56 Å². The maximum atomic E-state index is 13.1. The van der Waals surface area contributed by atoms with Crippen LogP contribution in [0, 0.1) is 5.82 Å². The molecule has 4 rings (SSSR count). The van der Waals surface area contributed by atoms with Gasteiger partial charge in [0.15, 0.2) is 0 Å². The molecule has 0 saturated heterocycles. The minimum atomic E-state index is -0.287. The normalized spacial score (nSPS) is 10.8. The number of hydrogen-bond acceptors (Lipinski definition) is 3. The summed E-state index contributed by atoms with van der Waals surface area (Å²) < 4.78 is 15.0. The molecular weight excluding hydrogens is 355 g/mol. The largest absolute Gasteiger partial charge is 0.381 e. The summed E-state index contributed by atoms with van der Waals surface area (Å²) in [6.07, 6.45) is 5.31. The zero-order valence-electron chi connectivity index (χ0n) is 15.1. The summed E-state index contributed by atoms with van der Waals surface area (Å²) in [5.74, 6) is -0.287. The number of rotatable bonds is 6. The van der Waals surface area contributed by atoms with Gasteiger partial charge in [0.1, 0.15) is 5.82 Å². The van der Waals surface area contributed by atoms with Gasteiger partial charge in [-0.15, -0.1) is 0 Å². The molecule has 2 N–H and O–H groups in total. The highest BCUT2D eigenvalue weighted by atomic mass is 19.1. The molecular formula is C22H19FN4O. The van der Waals surface area contributed by atoms with Crippen LogP contribution in [0.1, 0.15) is 11.1 Å². The number of hydrogen-bond donors (Lipinski definition) is 2. The first-order valence-corrected chi connectivity index (χ1v) is 8.95. The Balaban J connectivity index is 1.49. The van der Waals surface area contributed by atoms with E-state index in [0.717, 1.165) is 22.4 Å². The van der Waals surface area contributed by atoms with Crippen molar-refractivity contribution in [3.8, 4) is 11.1 Å². The summed E-state index contributed by atoms with van der Waals surface area (Å²) in [5.41, 5.74) is 4.19. The average molecular weight is 374 g/mol. The van der Waals surface area contributed by atoms with Crippen molar-refractivity contribution in [2.75, 3.05) is 5.32 Å². The number of pyridine rings is 1. The summed E-state index contributed by atoms with van der Waals surface area (Å²) in [6.45, 7) is 1.07. The number of halogens is 1. The van der Waals surface area contributed by atoms with Gasteiger partial charge >= 0.3 is 0 Å². The van der Waals surface area contributed by atoms with Crippen LogP contribution in [0.5, 0.6) is 0 Å². The van der Waals surface area contributed by atoms with Crippen molar-refractivity contribution in [2.24, 2.45) is 0 Å². The van der Waals surface area contributed by atoms with Gasteiger partial charge in [-0.2, -0.15) is 5.10 Å². The molecule has 0 amide bonds. The lowest BCUT2D eigenvalue weighted by Gasteiger charge is -2.10. The van der Waals surface area contributed by atoms with Crippen LogP contribution in [0.15, 0.2) is 84.0 Å². The standard InChI is InChI=1S/C22H19FN4O/c23-20-7-5-17(6-8-20)18-12-19(22(28)25-13-18)14-24-21-4-1-3-16(11-21)15-27-10-2-9-26-27/h1-13,24H,14-15H2,(H,25,28). The fourth-order valence-electron chi connectivity index (χ4n) is 3.03. The van der Waals surface area contributed by atoms with Gasteiger partial charge in [0.2, 0.25) is 0 Å². The molecule has 0 atom stereocenters. The van der Waals surface area contributed by atoms with Crippen LogP contribution < -0.4 is 10.9 Å². The zero-order chi connectivity index (χ0) is 19.3. The van der Waals surface area contributed by atoms with Gasteiger partial charge in [-0.05, 0) is 53.1 Å². The lowest BCUT2D eigenvalue weighted by Crippen LogP contribution is -2.15. The third kappa shape index (κ3) is 4.17. The van der Waals surface area contributed by atoms with Crippen molar-refractivity contribution < 1.29 is 4.39 Å². The van der Waals surface area contributed by atoms with Gasteiger partial charge in [0.05, 0.1) is 6.54 Å². The molecule has 0 unspecified atom stereocenters. The van der Waals surface area contributed by atoms with E-state index in [9.17, 15) is 9.18 Å². The predicted molar refractivity (Wildman–Crippen MR) is 108 cm³/mol. The summed E-state index contributed by atoms with van der Waals surface area (Å²) in [7, 11) is 0. The van der Waals surface area contributed by atoms with Crippen molar-refractivity contribution in [3.05, 3.63) is 107 Å². The molecule has 4 aromatic rings. The molecule has 0 saturated carbocycles.